The highest BCUT2D eigenvalue weighted by Gasteiger charge is 2.31. The van der Waals surface area contributed by atoms with Crippen LogP contribution >= 0.6 is 11.6 Å². The molecule has 3 amide bonds. The van der Waals surface area contributed by atoms with Gasteiger partial charge in [-0.3, -0.25) is 4.79 Å². The zero-order chi connectivity index (χ0) is 27.3. The smallest absolute Gasteiger partial charge is 0.416 e. The largest absolute Gasteiger partial charge is 0.467 e. The molecule has 0 bridgehead atoms. The summed E-state index contributed by atoms with van der Waals surface area (Å²) in [5.74, 6) is -1.55. The van der Waals surface area contributed by atoms with Crippen LogP contribution in [0.3, 0.4) is 0 Å². The normalized spacial score (nSPS) is 12.1. The number of carbonyl (C=O) groups is 3. The van der Waals surface area contributed by atoms with Crippen molar-refractivity contribution in [3.05, 3.63) is 64.9 Å². The topological polar surface area (TPSA) is 123 Å². The minimum atomic E-state index is -4.56. The maximum Gasteiger partial charge on any atom is 0.416 e. The number of ether oxygens (including phenoxy) is 1. The third-order valence-electron chi connectivity index (χ3n) is 5.13. The molecular weight excluding hydrogens is 517 g/mol. The SMILES string of the molecule is COC(=O)[C@@H](NC(=O)c1cc(-c2ccc(NC(=O)Nc3ccc(C(F)(F)F)cc3Cl)cc2)no1)C(C)C. The number of hydrogen-bond donors (Lipinski definition) is 3. The van der Waals surface area contributed by atoms with Crippen LogP contribution in [0.4, 0.5) is 29.3 Å². The number of benzene rings is 2. The molecule has 13 heteroatoms. The minimum Gasteiger partial charge on any atom is -0.467 e. The van der Waals surface area contributed by atoms with E-state index in [0.29, 0.717) is 16.9 Å². The van der Waals surface area contributed by atoms with Crippen molar-refractivity contribution in [1.29, 1.82) is 0 Å². The van der Waals surface area contributed by atoms with Gasteiger partial charge < -0.3 is 25.2 Å². The van der Waals surface area contributed by atoms with Crippen LogP contribution in [-0.4, -0.2) is 36.2 Å². The number of rotatable bonds is 7. The number of carbonyl (C=O) groups excluding carboxylic acids is 3. The molecule has 2 aromatic carbocycles. The van der Waals surface area contributed by atoms with Crippen LogP contribution in [0.15, 0.2) is 53.1 Å². The molecule has 9 nitrogen and oxygen atoms in total. The lowest BCUT2D eigenvalue weighted by Crippen LogP contribution is -2.44. The summed E-state index contributed by atoms with van der Waals surface area (Å²) in [5, 5.41) is 11.0. The molecule has 0 aliphatic heterocycles. The van der Waals surface area contributed by atoms with Gasteiger partial charge in [0.1, 0.15) is 11.7 Å². The molecular formula is C24H22ClF3N4O5. The molecule has 1 aromatic heterocycles. The van der Waals surface area contributed by atoms with Gasteiger partial charge in [0.05, 0.1) is 23.4 Å². The van der Waals surface area contributed by atoms with Gasteiger partial charge in [-0.25, -0.2) is 9.59 Å². The van der Waals surface area contributed by atoms with Crippen molar-refractivity contribution in [2.75, 3.05) is 17.7 Å². The standard InChI is InChI=1S/C24H22ClF3N4O5/c1-12(2)20(22(34)36-3)31-21(33)19-11-18(32-37-19)13-4-7-15(8-5-13)29-23(35)30-17-9-6-14(10-16(17)25)24(26,27)28/h4-12,20H,1-3H3,(H,31,33)(H2,29,30,35)/t20-/m0/s1. The summed E-state index contributed by atoms with van der Waals surface area (Å²) in [6, 6.07) is 8.69. The predicted octanol–water partition coefficient (Wildman–Crippen LogP) is 5.59. The minimum absolute atomic E-state index is 0.00379. The number of amides is 3. The van der Waals surface area contributed by atoms with E-state index in [0.717, 1.165) is 18.2 Å². The van der Waals surface area contributed by atoms with E-state index in [9.17, 15) is 27.6 Å². The van der Waals surface area contributed by atoms with Gasteiger partial charge >= 0.3 is 18.2 Å². The molecule has 196 valence electrons. The van der Waals surface area contributed by atoms with Crippen molar-refractivity contribution in [2.45, 2.75) is 26.1 Å². The average molecular weight is 539 g/mol. The monoisotopic (exact) mass is 538 g/mol. The number of halogens is 4. The molecule has 1 atom stereocenters. The summed E-state index contributed by atoms with van der Waals surface area (Å²) in [6.45, 7) is 3.50. The maximum atomic E-state index is 12.8. The fourth-order valence-electron chi connectivity index (χ4n) is 3.16. The van der Waals surface area contributed by atoms with Gasteiger partial charge in [-0.2, -0.15) is 13.2 Å². The molecule has 37 heavy (non-hydrogen) atoms. The Bertz CT molecular complexity index is 1290. The molecule has 0 unspecified atom stereocenters. The van der Waals surface area contributed by atoms with E-state index in [2.05, 4.69) is 21.1 Å². The molecule has 3 aromatic rings. The summed E-state index contributed by atoms with van der Waals surface area (Å²) in [6.07, 6.45) is -4.56. The molecule has 0 aliphatic rings. The van der Waals surface area contributed by atoms with Crippen LogP contribution in [0.1, 0.15) is 30.0 Å². The highest BCUT2D eigenvalue weighted by atomic mass is 35.5. The Morgan fingerprint density at radius 3 is 2.27 bits per heavy atom. The van der Waals surface area contributed by atoms with E-state index < -0.39 is 35.7 Å². The van der Waals surface area contributed by atoms with Gasteiger partial charge in [-0.1, -0.05) is 42.7 Å². The Kier molecular flexibility index (Phi) is 8.43. The summed E-state index contributed by atoms with van der Waals surface area (Å²) in [7, 11) is 1.22. The van der Waals surface area contributed by atoms with E-state index in [4.69, 9.17) is 20.9 Å². The third-order valence-corrected chi connectivity index (χ3v) is 5.44. The van der Waals surface area contributed by atoms with Gasteiger partial charge in [0.25, 0.3) is 5.91 Å². The van der Waals surface area contributed by atoms with Gasteiger partial charge in [0.2, 0.25) is 5.76 Å². The number of nitrogens with zero attached hydrogens (tertiary/aromatic N) is 1. The second kappa shape index (κ2) is 11.3. The highest BCUT2D eigenvalue weighted by Crippen LogP contribution is 2.33. The molecule has 3 N–H and O–H groups in total. The number of hydrogen-bond acceptors (Lipinski definition) is 6. The lowest BCUT2D eigenvalue weighted by atomic mass is 10.0. The van der Waals surface area contributed by atoms with E-state index in [1.165, 1.54) is 13.2 Å². The van der Waals surface area contributed by atoms with Crippen molar-refractivity contribution in [3.8, 4) is 11.3 Å². The Labute approximate surface area is 214 Å². The molecule has 0 fully saturated rings. The van der Waals surface area contributed by atoms with Crippen LogP contribution in [0.5, 0.6) is 0 Å². The number of nitrogens with one attached hydrogen (secondary N) is 3. The zero-order valence-electron chi connectivity index (χ0n) is 19.8. The summed E-state index contributed by atoms with van der Waals surface area (Å²) >= 11 is 5.85. The lowest BCUT2D eigenvalue weighted by molar-refractivity contribution is -0.144. The number of anilines is 2. The zero-order valence-corrected chi connectivity index (χ0v) is 20.5. The van der Waals surface area contributed by atoms with E-state index >= 15 is 0 Å². The van der Waals surface area contributed by atoms with Crippen LogP contribution in [0.25, 0.3) is 11.3 Å². The van der Waals surface area contributed by atoms with Crippen LogP contribution < -0.4 is 16.0 Å². The second-order valence-electron chi connectivity index (χ2n) is 8.14. The summed E-state index contributed by atoms with van der Waals surface area (Å²) < 4.78 is 48.1. The highest BCUT2D eigenvalue weighted by molar-refractivity contribution is 6.33. The lowest BCUT2D eigenvalue weighted by Gasteiger charge is -2.18. The average Bonchev–Trinajstić information content (AvgIpc) is 3.33. The van der Waals surface area contributed by atoms with E-state index in [1.54, 1.807) is 38.1 Å². The Hall–Kier alpha value is -4.06. The van der Waals surface area contributed by atoms with Crippen molar-refractivity contribution >= 4 is 40.9 Å². The van der Waals surface area contributed by atoms with E-state index in [1.807, 2.05) is 0 Å². The molecule has 0 saturated heterocycles. The molecule has 1 heterocycles. The molecule has 0 spiro atoms. The maximum absolute atomic E-state index is 12.8. The predicted molar refractivity (Wildman–Crippen MR) is 129 cm³/mol. The number of esters is 1. The molecule has 3 rings (SSSR count). The number of urea groups is 1. The first-order valence-electron chi connectivity index (χ1n) is 10.8. The Morgan fingerprint density at radius 1 is 1.03 bits per heavy atom. The van der Waals surface area contributed by atoms with Crippen molar-refractivity contribution in [1.82, 2.24) is 10.5 Å². The summed E-state index contributed by atoms with van der Waals surface area (Å²) in [4.78, 5) is 36.6. The van der Waals surface area contributed by atoms with Crippen LogP contribution in [0, 0.1) is 5.92 Å². The first kappa shape index (κ1) is 27.5. The van der Waals surface area contributed by atoms with Crippen molar-refractivity contribution in [3.63, 3.8) is 0 Å². The second-order valence-corrected chi connectivity index (χ2v) is 8.55. The summed E-state index contributed by atoms with van der Waals surface area (Å²) in [5.41, 5.74) is 0.327. The van der Waals surface area contributed by atoms with Crippen molar-refractivity contribution < 1.29 is 36.8 Å². The molecule has 0 saturated carbocycles. The molecule has 0 aliphatic carbocycles. The first-order valence-corrected chi connectivity index (χ1v) is 11.2. The van der Waals surface area contributed by atoms with Gasteiger partial charge in [0, 0.05) is 17.3 Å². The van der Waals surface area contributed by atoms with Gasteiger partial charge in [0.15, 0.2) is 0 Å². The Morgan fingerprint density at radius 2 is 1.70 bits per heavy atom. The number of methoxy groups -OCH3 is 1. The Balaban J connectivity index is 1.63. The van der Waals surface area contributed by atoms with Crippen molar-refractivity contribution in [2.24, 2.45) is 5.92 Å². The number of alkyl halides is 3. The van der Waals surface area contributed by atoms with Crippen LogP contribution in [-0.2, 0) is 15.7 Å². The van der Waals surface area contributed by atoms with Gasteiger partial charge in [-0.05, 0) is 36.2 Å². The quantitative estimate of drug-likeness (QED) is 0.337. The number of aromatic nitrogens is 1. The molecule has 0 radical (unpaired) electrons. The third kappa shape index (κ3) is 7.00. The fourth-order valence-corrected chi connectivity index (χ4v) is 3.38. The van der Waals surface area contributed by atoms with Crippen LogP contribution in [0.2, 0.25) is 5.02 Å². The first-order chi connectivity index (χ1) is 17.4. The fraction of sp³-hybridized carbons (Fsp3) is 0.250. The van der Waals surface area contributed by atoms with E-state index in [-0.39, 0.29) is 22.4 Å². The van der Waals surface area contributed by atoms with Gasteiger partial charge in [-0.15, -0.1) is 0 Å².